The molecule has 4 atom stereocenters. The highest BCUT2D eigenvalue weighted by Crippen LogP contribution is 2.41. The number of nitrogens with one attached hydrogen (secondary N) is 2. The van der Waals surface area contributed by atoms with Crippen LogP contribution >= 0.6 is 12.2 Å². The average molecular weight is 864 g/mol. The predicted molar refractivity (Wildman–Crippen MR) is 224 cm³/mol. The molecule has 3 aliphatic heterocycles. The van der Waals surface area contributed by atoms with E-state index in [1.807, 2.05) is 23.1 Å². The number of nitriles is 1. The van der Waals surface area contributed by atoms with Crippen LogP contribution in [0.2, 0.25) is 0 Å². The lowest BCUT2D eigenvalue weighted by atomic mass is 9.82. The van der Waals surface area contributed by atoms with Gasteiger partial charge in [-0.15, -0.1) is 0 Å². The quantitative estimate of drug-likeness (QED) is 0.126. The number of hydrogen-bond donors (Lipinski definition) is 2. The van der Waals surface area contributed by atoms with E-state index in [-0.39, 0.29) is 65.7 Å². The van der Waals surface area contributed by atoms with Gasteiger partial charge in [0, 0.05) is 43.6 Å². The zero-order valence-electron chi connectivity index (χ0n) is 35.1. The number of benzene rings is 1. The summed E-state index contributed by atoms with van der Waals surface area (Å²) in [6.45, 7) is 8.55. The number of thiocarbonyl (C=S) groups is 1. The molecule has 1 saturated carbocycles. The average Bonchev–Trinajstić information content (AvgIpc) is 3.62. The van der Waals surface area contributed by atoms with Gasteiger partial charge in [-0.25, -0.2) is 4.98 Å². The molecule has 14 nitrogen and oxygen atoms in total. The van der Waals surface area contributed by atoms with Crippen molar-refractivity contribution in [2.24, 2.45) is 13.0 Å². The minimum atomic E-state index is -4.82. The van der Waals surface area contributed by atoms with Crippen LogP contribution < -0.4 is 15.5 Å². The van der Waals surface area contributed by atoms with E-state index < -0.39 is 34.8 Å². The maximum Gasteiger partial charge on any atom is 0.419 e. The molecule has 2 unspecified atom stereocenters. The van der Waals surface area contributed by atoms with E-state index in [1.54, 1.807) is 25.6 Å². The number of alkyl halides is 3. The van der Waals surface area contributed by atoms with E-state index in [2.05, 4.69) is 39.5 Å². The molecule has 0 bridgehead atoms. The fourth-order valence-corrected chi connectivity index (χ4v) is 10.5. The lowest BCUT2D eigenvalue weighted by Gasteiger charge is -2.42. The van der Waals surface area contributed by atoms with Crippen molar-refractivity contribution in [3.8, 4) is 6.07 Å². The standard InChI is InChI=1S/C43H52F3N9O5S/c1-24-18-29(19-25(2)53(24)23-36(57)49-33-10-6-9-30-37(51-52(5)38(30)33)31-15-16-35(56)50-39(31)58)60-17-7-8-26-11-13-27(14-12-26)55-41(61)54(40(59)42(55,3)4)28-20-32(43(44,45)46)34(21-47)48-22-28/h6,9-10,20,22,24-27,29,31H,7-8,11-19,23H2,1-5H3,(H,49,57)(H,50,56,58)/t24-,25+,26-,27-,29?,31?. The van der Waals surface area contributed by atoms with Crippen LogP contribution in [0, 0.1) is 17.2 Å². The van der Waals surface area contributed by atoms with Crippen molar-refractivity contribution in [3.63, 3.8) is 0 Å². The van der Waals surface area contributed by atoms with Crippen molar-refractivity contribution in [1.29, 1.82) is 5.26 Å². The van der Waals surface area contributed by atoms with E-state index in [4.69, 9.17) is 17.0 Å². The number of imide groups is 1. The highest BCUT2D eigenvalue weighted by Gasteiger charge is 2.53. The van der Waals surface area contributed by atoms with E-state index >= 15 is 0 Å². The van der Waals surface area contributed by atoms with Crippen molar-refractivity contribution in [2.45, 2.75) is 134 Å². The molecular formula is C43H52F3N9O5S. The summed E-state index contributed by atoms with van der Waals surface area (Å²) in [7, 11) is 1.78. The number of piperidine rings is 2. The van der Waals surface area contributed by atoms with Gasteiger partial charge in [-0.1, -0.05) is 12.1 Å². The number of fused-ring (bicyclic) bond motifs is 1. The SMILES string of the molecule is C[C@@H]1CC(OCCC[C@H]2CC[C@H](N3C(=S)N(c4cnc(C#N)c(C(F)(F)F)c4)C(=O)C3(C)C)CC2)C[C@H](C)N1CC(=O)Nc1cccc2c(C3CCC(=O)NC3=O)nn(C)c12. The second kappa shape index (κ2) is 17.4. The first-order chi connectivity index (χ1) is 28.9. The van der Waals surface area contributed by atoms with Crippen LogP contribution in [-0.4, -0.2) is 96.2 Å². The minimum Gasteiger partial charge on any atom is -0.378 e. The summed E-state index contributed by atoms with van der Waals surface area (Å²) in [6, 6.07) is 7.97. The Balaban J connectivity index is 0.861. The zero-order chi connectivity index (χ0) is 44.0. The number of halogens is 3. The van der Waals surface area contributed by atoms with Crippen molar-refractivity contribution in [1.82, 2.24) is 29.9 Å². The Kier molecular flexibility index (Phi) is 12.6. The fraction of sp³-hybridized carbons (Fsp3) is 0.581. The smallest absolute Gasteiger partial charge is 0.378 e. The molecule has 0 radical (unpaired) electrons. The van der Waals surface area contributed by atoms with Crippen LogP contribution in [0.5, 0.6) is 0 Å². The topological polar surface area (TPSA) is 166 Å². The van der Waals surface area contributed by atoms with E-state index in [9.17, 15) is 37.6 Å². The molecule has 7 rings (SSSR count). The number of hydrogen-bond acceptors (Lipinski definition) is 10. The molecular weight excluding hydrogens is 812 g/mol. The van der Waals surface area contributed by atoms with Crippen molar-refractivity contribution >= 4 is 63.2 Å². The molecule has 326 valence electrons. The number of pyridine rings is 1. The molecule has 2 aromatic heterocycles. The second-order valence-electron chi connectivity index (χ2n) is 17.5. The van der Waals surface area contributed by atoms with Gasteiger partial charge in [0.15, 0.2) is 10.8 Å². The Morgan fingerprint density at radius 2 is 1.80 bits per heavy atom. The van der Waals surface area contributed by atoms with E-state index in [1.165, 1.54) is 6.07 Å². The molecule has 3 aromatic rings. The third kappa shape index (κ3) is 8.87. The maximum atomic E-state index is 13.7. The number of para-hydroxylation sites is 1. The van der Waals surface area contributed by atoms with Gasteiger partial charge in [0.2, 0.25) is 17.7 Å². The Morgan fingerprint density at radius 1 is 1.10 bits per heavy atom. The summed E-state index contributed by atoms with van der Waals surface area (Å²) in [5.41, 5.74) is -1.23. The number of aromatic nitrogens is 3. The van der Waals surface area contributed by atoms with E-state index in [0.717, 1.165) is 73.9 Å². The molecule has 0 spiro atoms. The van der Waals surface area contributed by atoms with Crippen molar-refractivity contribution in [3.05, 3.63) is 47.4 Å². The minimum absolute atomic E-state index is 0.0469. The summed E-state index contributed by atoms with van der Waals surface area (Å²) < 4.78 is 49.2. The largest absolute Gasteiger partial charge is 0.419 e. The molecule has 2 N–H and O–H groups in total. The molecule has 4 aliphatic rings. The number of aryl methyl sites for hydroxylation is 1. The first kappa shape index (κ1) is 44.1. The van der Waals surface area contributed by atoms with Crippen LogP contribution in [0.4, 0.5) is 24.5 Å². The summed E-state index contributed by atoms with van der Waals surface area (Å²) in [4.78, 5) is 60.3. The Bertz CT molecular complexity index is 2250. The molecule has 3 saturated heterocycles. The number of nitrogens with zero attached hydrogens (tertiary/aromatic N) is 7. The first-order valence-electron chi connectivity index (χ1n) is 21.0. The van der Waals surface area contributed by atoms with Gasteiger partial charge < -0.3 is 15.0 Å². The van der Waals surface area contributed by atoms with Crippen LogP contribution in [0.3, 0.4) is 0 Å². The molecule has 18 heteroatoms. The monoisotopic (exact) mass is 863 g/mol. The summed E-state index contributed by atoms with van der Waals surface area (Å²) in [6.07, 6.45) is 3.90. The van der Waals surface area contributed by atoms with Gasteiger partial charge in [0.1, 0.15) is 11.6 Å². The van der Waals surface area contributed by atoms with Crippen LogP contribution in [0.1, 0.15) is 115 Å². The number of carbonyl (C=O) groups is 4. The van der Waals surface area contributed by atoms with Crippen LogP contribution in [0.25, 0.3) is 10.9 Å². The lowest BCUT2D eigenvalue weighted by molar-refractivity contribution is -0.138. The maximum absolute atomic E-state index is 13.7. The van der Waals surface area contributed by atoms with Gasteiger partial charge >= 0.3 is 6.18 Å². The van der Waals surface area contributed by atoms with Gasteiger partial charge in [-0.3, -0.25) is 39.0 Å². The van der Waals surface area contributed by atoms with Crippen molar-refractivity contribution in [2.75, 3.05) is 23.4 Å². The van der Waals surface area contributed by atoms with Crippen LogP contribution in [-0.2, 0) is 37.1 Å². The highest BCUT2D eigenvalue weighted by atomic mass is 32.1. The number of anilines is 2. The highest BCUT2D eigenvalue weighted by molar-refractivity contribution is 7.80. The van der Waals surface area contributed by atoms with Gasteiger partial charge in [-0.2, -0.15) is 23.5 Å². The second-order valence-corrected chi connectivity index (χ2v) is 17.8. The summed E-state index contributed by atoms with van der Waals surface area (Å²) in [5, 5.41) is 20.2. The zero-order valence-corrected chi connectivity index (χ0v) is 35.9. The number of amides is 4. The molecule has 61 heavy (non-hydrogen) atoms. The van der Waals surface area contributed by atoms with Gasteiger partial charge in [0.25, 0.3) is 5.91 Å². The predicted octanol–water partition coefficient (Wildman–Crippen LogP) is 6.33. The Morgan fingerprint density at radius 3 is 2.46 bits per heavy atom. The number of likely N-dealkylation sites (tertiary alicyclic amines) is 1. The third-order valence-electron chi connectivity index (χ3n) is 13.0. The summed E-state index contributed by atoms with van der Waals surface area (Å²) in [5.74, 6) is -1.29. The number of carbonyl (C=O) groups excluding carboxylic acids is 4. The molecule has 5 heterocycles. The molecule has 1 aromatic carbocycles. The number of rotatable bonds is 11. The normalized spacial score (nSPS) is 26.1. The fourth-order valence-electron chi connectivity index (χ4n) is 9.89. The lowest BCUT2D eigenvalue weighted by Crippen LogP contribution is -2.51. The molecule has 1 aliphatic carbocycles. The first-order valence-corrected chi connectivity index (χ1v) is 21.4. The van der Waals surface area contributed by atoms with Gasteiger partial charge in [-0.05, 0) is 116 Å². The van der Waals surface area contributed by atoms with Gasteiger partial charge in [0.05, 0.1) is 52.9 Å². The number of ether oxygens (including phenoxy) is 1. The Labute approximate surface area is 358 Å². The molecule has 4 amide bonds. The van der Waals surface area contributed by atoms with Crippen molar-refractivity contribution < 1.29 is 37.1 Å². The van der Waals surface area contributed by atoms with E-state index in [0.29, 0.717) is 35.8 Å². The van der Waals surface area contributed by atoms with Crippen LogP contribution in [0.15, 0.2) is 30.5 Å². The Hall–Kier alpha value is -4.99. The third-order valence-corrected chi connectivity index (χ3v) is 13.3. The molecule has 4 fully saturated rings. The summed E-state index contributed by atoms with van der Waals surface area (Å²) >= 11 is 5.74.